The predicted molar refractivity (Wildman–Crippen MR) is 59.6 cm³/mol. The van der Waals surface area contributed by atoms with Crippen molar-refractivity contribution in [3.63, 3.8) is 0 Å². The monoisotopic (exact) mass is 279 g/mol. The van der Waals surface area contributed by atoms with Crippen molar-refractivity contribution in [2.45, 2.75) is 12.6 Å². The molecular weight excluding hydrogens is 267 g/mol. The minimum atomic E-state index is -5.08. The molecule has 1 aromatic carbocycles. The van der Waals surface area contributed by atoms with Gasteiger partial charge in [0.15, 0.2) is 0 Å². The molecule has 1 aromatic rings. The summed E-state index contributed by atoms with van der Waals surface area (Å²) >= 11 is 0. The first kappa shape index (κ1) is 16.8. The summed E-state index contributed by atoms with van der Waals surface area (Å²) in [4.78, 5) is 19.4. The Balaban J connectivity index is 0.000000399. The third kappa shape index (κ3) is 7.63. The maximum Gasteiger partial charge on any atom is 0.490 e. The van der Waals surface area contributed by atoms with Crippen LogP contribution in [0.5, 0.6) is 5.75 Å². The number of rotatable bonds is 3. The lowest BCUT2D eigenvalue weighted by molar-refractivity contribution is -0.192. The molecule has 0 aliphatic rings. The van der Waals surface area contributed by atoms with Crippen molar-refractivity contribution >= 4 is 11.9 Å². The number of carbonyl (C=O) groups excluding carboxylic acids is 1. The quantitative estimate of drug-likeness (QED) is 0.874. The molecular formula is C11H12F3NO4. The van der Waals surface area contributed by atoms with Crippen LogP contribution in [0.2, 0.25) is 0 Å². The summed E-state index contributed by atoms with van der Waals surface area (Å²) in [5.74, 6) is -2.30. The second-order valence-electron chi connectivity index (χ2n) is 3.29. The molecule has 0 bridgehead atoms. The Hall–Kier alpha value is -2.25. The molecule has 8 heteroatoms. The molecule has 1 amide bonds. The number of alkyl halides is 3. The van der Waals surface area contributed by atoms with Gasteiger partial charge >= 0.3 is 12.1 Å². The standard InChI is InChI=1S/C9H11NO2.C2HF3O2/c1-12-8-4-2-7(3-5-8)6-9(10)11;3-2(4,5)1(6)7/h2-5H,6H2,1H3,(H2,10,11);(H,6,7). The third-order valence-electron chi connectivity index (χ3n) is 1.78. The molecule has 5 nitrogen and oxygen atoms in total. The van der Waals surface area contributed by atoms with Crippen LogP contribution < -0.4 is 10.5 Å². The third-order valence-corrected chi connectivity index (χ3v) is 1.78. The Morgan fingerprint density at radius 2 is 1.68 bits per heavy atom. The van der Waals surface area contributed by atoms with Gasteiger partial charge in [0.25, 0.3) is 0 Å². The van der Waals surface area contributed by atoms with E-state index in [4.69, 9.17) is 20.4 Å². The number of hydrogen-bond acceptors (Lipinski definition) is 3. The minimum absolute atomic E-state index is 0.282. The predicted octanol–water partition coefficient (Wildman–Crippen LogP) is 1.36. The van der Waals surface area contributed by atoms with Crippen molar-refractivity contribution in [1.82, 2.24) is 0 Å². The van der Waals surface area contributed by atoms with Crippen molar-refractivity contribution in [1.29, 1.82) is 0 Å². The van der Waals surface area contributed by atoms with Gasteiger partial charge in [-0.1, -0.05) is 12.1 Å². The van der Waals surface area contributed by atoms with E-state index in [1.807, 2.05) is 12.1 Å². The second kappa shape index (κ2) is 7.24. The molecule has 1 rings (SSSR count). The number of methoxy groups -OCH3 is 1. The first-order valence-electron chi connectivity index (χ1n) is 4.88. The number of carbonyl (C=O) groups is 2. The van der Waals surface area contributed by atoms with Crippen LogP contribution in [0.4, 0.5) is 13.2 Å². The molecule has 0 atom stereocenters. The summed E-state index contributed by atoms with van der Waals surface area (Å²) in [7, 11) is 1.60. The highest BCUT2D eigenvalue weighted by atomic mass is 19.4. The van der Waals surface area contributed by atoms with E-state index in [0.29, 0.717) is 0 Å². The lowest BCUT2D eigenvalue weighted by atomic mass is 10.1. The van der Waals surface area contributed by atoms with Crippen molar-refractivity contribution < 1.29 is 32.6 Å². The van der Waals surface area contributed by atoms with E-state index < -0.39 is 12.1 Å². The number of carboxylic acids is 1. The summed E-state index contributed by atoms with van der Waals surface area (Å²) in [5, 5.41) is 7.12. The van der Waals surface area contributed by atoms with Gasteiger partial charge in [-0.2, -0.15) is 13.2 Å². The highest BCUT2D eigenvalue weighted by Crippen LogP contribution is 2.13. The van der Waals surface area contributed by atoms with Crippen LogP contribution in [0.25, 0.3) is 0 Å². The number of halogens is 3. The van der Waals surface area contributed by atoms with Crippen molar-refractivity contribution in [2.75, 3.05) is 7.11 Å². The largest absolute Gasteiger partial charge is 0.497 e. The maximum atomic E-state index is 10.6. The maximum absolute atomic E-state index is 10.6. The molecule has 106 valence electrons. The average molecular weight is 279 g/mol. The first-order valence-corrected chi connectivity index (χ1v) is 4.88. The van der Waals surface area contributed by atoms with Crippen LogP contribution >= 0.6 is 0 Å². The number of hydrogen-bond donors (Lipinski definition) is 2. The summed E-state index contributed by atoms with van der Waals surface area (Å²) in [6.45, 7) is 0. The Morgan fingerprint density at radius 1 is 1.26 bits per heavy atom. The summed E-state index contributed by atoms with van der Waals surface area (Å²) < 4.78 is 36.7. The number of amides is 1. The molecule has 0 heterocycles. The normalized spacial score (nSPS) is 10.1. The van der Waals surface area contributed by atoms with Crippen LogP contribution in [0, 0.1) is 0 Å². The van der Waals surface area contributed by atoms with E-state index in [1.165, 1.54) is 0 Å². The SMILES string of the molecule is COc1ccc(CC(N)=O)cc1.O=C(O)C(F)(F)F. The number of aliphatic carboxylic acids is 1. The van der Waals surface area contributed by atoms with E-state index in [1.54, 1.807) is 19.2 Å². The molecule has 0 spiro atoms. The van der Waals surface area contributed by atoms with Gasteiger partial charge in [-0.15, -0.1) is 0 Å². The number of nitrogens with two attached hydrogens (primary N) is 1. The second-order valence-corrected chi connectivity index (χ2v) is 3.29. The zero-order valence-corrected chi connectivity index (χ0v) is 9.90. The average Bonchev–Trinajstić information content (AvgIpc) is 2.28. The van der Waals surface area contributed by atoms with Crippen LogP contribution in [-0.2, 0) is 16.0 Å². The van der Waals surface area contributed by atoms with Crippen LogP contribution in [0.3, 0.4) is 0 Å². The van der Waals surface area contributed by atoms with Crippen LogP contribution in [0.15, 0.2) is 24.3 Å². The molecule has 0 saturated carbocycles. The zero-order valence-electron chi connectivity index (χ0n) is 9.90. The van der Waals surface area contributed by atoms with E-state index in [-0.39, 0.29) is 12.3 Å². The van der Waals surface area contributed by atoms with Crippen molar-refractivity contribution in [3.05, 3.63) is 29.8 Å². The van der Waals surface area contributed by atoms with Gasteiger partial charge in [0, 0.05) is 0 Å². The molecule has 0 aliphatic heterocycles. The van der Waals surface area contributed by atoms with E-state index in [0.717, 1.165) is 11.3 Å². The molecule has 0 aromatic heterocycles. The number of benzene rings is 1. The molecule has 0 fully saturated rings. The number of primary amides is 1. The van der Waals surface area contributed by atoms with Crippen LogP contribution in [-0.4, -0.2) is 30.3 Å². The fraction of sp³-hybridized carbons (Fsp3) is 0.273. The van der Waals surface area contributed by atoms with Crippen molar-refractivity contribution in [3.8, 4) is 5.75 Å². The highest BCUT2D eigenvalue weighted by molar-refractivity contribution is 5.76. The molecule has 0 unspecified atom stereocenters. The number of ether oxygens (including phenoxy) is 1. The number of carboxylic acid groups (broad SMARTS) is 1. The molecule has 0 aliphatic carbocycles. The van der Waals surface area contributed by atoms with Gasteiger partial charge in [-0.3, -0.25) is 4.79 Å². The van der Waals surface area contributed by atoms with Crippen molar-refractivity contribution in [2.24, 2.45) is 5.73 Å². The summed E-state index contributed by atoms with van der Waals surface area (Å²) in [6, 6.07) is 7.25. The minimum Gasteiger partial charge on any atom is -0.497 e. The molecule has 0 saturated heterocycles. The fourth-order valence-electron chi connectivity index (χ4n) is 0.945. The first-order chi connectivity index (χ1) is 8.66. The highest BCUT2D eigenvalue weighted by Gasteiger charge is 2.38. The van der Waals surface area contributed by atoms with Crippen LogP contribution in [0.1, 0.15) is 5.56 Å². The molecule has 19 heavy (non-hydrogen) atoms. The Bertz CT molecular complexity index is 429. The van der Waals surface area contributed by atoms with Gasteiger partial charge in [0.05, 0.1) is 13.5 Å². The molecule has 3 N–H and O–H groups in total. The van der Waals surface area contributed by atoms with E-state index in [9.17, 15) is 18.0 Å². The van der Waals surface area contributed by atoms with Gasteiger partial charge in [0.2, 0.25) is 5.91 Å². The smallest absolute Gasteiger partial charge is 0.490 e. The lowest BCUT2D eigenvalue weighted by Gasteiger charge is -2.00. The topological polar surface area (TPSA) is 89.6 Å². The van der Waals surface area contributed by atoms with E-state index >= 15 is 0 Å². The Labute approximate surface area is 106 Å². The van der Waals surface area contributed by atoms with E-state index in [2.05, 4.69) is 0 Å². The van der Waals surface area contributed by atoms with Gasteiger partial charge in [-0.25, -0.2) is 4.79 Å². The summed E-state index contributed by atoms with van der Waals surface area (Å²) in [5.41, 5.74) is 5.93. The van der Waals surface area contributed by atoms with Gasteiger partial charge in [0.1, 0.15) is 5.75 Å². The zero-order chi connectivity index (χ0) is 15.1. The van der Waals surface area contributed by atoms with Gasteiger partial charge in [-0.05, 0) is 17.7 Å². The fourth-order valence-corrected chi connectivity index (χ4v) is 0.945. The van der Waals surface area contributed by atoms with Gasteiger partial charge < -0.3 is 15.6 Å². The lowest BCUT2D eigenvalue weighted by Crippen LogP contribution is -2.21. The Morgan fingerprint density at radius 3 is 1.95 bits per heavy atom. The molecule has 0 radical (unpaired) electrons. The summed E-state index contributed by atoms with van der Waals surface area (Å²) in [6.07, 6.45) is -4.80. The Kier molecular flexibility index (Phi) is 6.39.